The number of thiophene rings is 1. The Kier molecular flexibility index (Phi) is 6.13. The molecule has 0 saturated carbocycles. The van der Waals surface area contributed by atoms with Crippen LogP contribution in [0, 0.1) is 18.3 Å². The van der Waals surface area contributed by atoms with Gasteiger partial charge in [0.25, 0.3) is 0 Å². The van der Waals surface area contributed by atoms with Gasteiger partial charge in [0, 0.05) is 10.6 Å². The summed E-state index contributed by atoms with van der Waals surface area (Å²) in [5.74, 6) is 0.0976. The highest BCUT2D eigenvalue weighted by molar-refractivity contribution is 8.01. The molecule has 0 radical (unpaired) electrons. The maximum Gasteiger partial charge on any atom is 0.235 e. The number of hydrogen-bond donors (Lipinski definition) is 2. The normalized spacial score (nSPS) is 12.8. The van der Waals surface area contributed by atoms with E-state index in [1.54, 1.807) is 11.3 Å². The predicted octanol–water partition coefficient (Wildman–Crippen LogP) is 5.13. The van der Waals surface area contributed by atoms with Gasteiger partial charge in [-0.15, -0.1) is 21.5 Å². The quantitative estimate of drug-likeness (QED) is 0.515. The lowest BCUT2D eigenvalue weighted by atomic mass is 9.96. The molecule has 2 heterocycles. The van der Waals surface area contributed by atoms with E-state index in [2.05, 4.69) is 26.9 Å². The molecule has 1 amide bonds. The summed E-state index contributed by atoms with van der Waals surface area (Å²) >= 11 is 4.30. The van der Waals surface area contributed by atoms with Gasteiger partial charge in [-0.2, -0.15) is 5.26 Å². The fraction of sp³-hybridized carbons (Fsp3) is 0.300. The predicted molar refractivity (Wildman–Crippen MR) is 119 cm³/mol. The van der Waals surface area contributed by atoms with E-state index in [0.717, 1.165) is 41.3 Å². The van der Waals surface area contributed by atoms with Crippen LogP contribution in [-0.4, -0.2) is 21.9 Å². The van der Waals surface area contributed by atoms with E-state index in [0.29, 0.717) is 15.7 Å². The molecule has 6 nitrogen and oxygen atoms in total. The first kappa shape index (κ1) is 19.9. The second-order valence-electron chi connectivity index (χ2n) is 6.73. The Morgan fingerprint density at radius 2 is 2.00 bits per heavy atom. The molecule has 3 aromatic rings. The third-order valence-electron chi connectivity index (χ3n) is 4.57. The molecule has 1 aliphatic rings. The molecule has 0 spiro atoms. The molecule has 2 N–H and O–H groups in total. The third kappa shape index (κ3) is 4.78. The van der Waals surface area contributed by atoms with Crippen molar-refractivity contribution in [2.75, 3.05) is 16.4 Å². The smallest absolute Gasteiger partial charge is 0.235 e. The van der Waals surface area contributed by atoms with Gasteiger partial charge in [0.2, 0.25) is 11.0 Å². The molecule has 1 aromatic carbocycles. The van der Waals surface area contributed by atoms with E-state index in [1.165, 1.54) is 33.5 Å². The Morgan fingerprint density at radius 1 is 1.21 bits per heavy atom. The number of hydrogen-bond acceptors (Lipinski definition) is 8. The first-order valence-corrected chi connectivity index (χ1v) is 11.9. The number of carbonyl (C=O) groups is 1. The molecule has 148 valence electrons. The van der Waals surface area contributed by atoms with Gasteiger partial charge in [-0.25, -0.2) is 0 Å². The molecular weight excluding hydrogens is 422 g/mol. The fourth-order valence-corrected chi connectivity index (χ4v) is 5.97. The Bertz CT molecular complexity index is 1060. The van der Waals surface area contributed by atoms with Crippen LogP contribution in [0.5, 0.6) is 0 Å². The van der Waals surface area contributed by atoms with Gasteiger partial charge in [0.1, 0.15) is 11.1 Å². The van der Waals surface area contributed by atoms with Crippen molar-refractivity contribution in [3.05, 3.63) is 45.8 Å². The summed E-state index contributed by atoms with van der Waals surface area (Å²) in [6.07, 6.45) is 4.19. The molecule has 0 bridgehead atoms. The molecular formula is C20H19N5OS3. The Hall–Kier alpha value is -2.41. The number of carbonyl (C=O) groups excluding carboxylic acids is 1. The molecule has 0 aliphatic heterocycles. The second kappa shape index (κ2) is 8.95. The summed E-state index contributed by atoms with van der Waals surface area (Å²) in [5.41, 5.74) is 3.92. The number of fused-ring (bicyclic) bond motifs is 1. The third-order valence-corrected chi connectivity index (χ3v) is 7.75. The lowest BCUT2D eigenvalue weighted by Gasteiger charge is -2.09. The highest BCUT2D eigenvalue weighted by Crippen LogP contribution is 2.37. The van der Waals surface area contributed by atoms with Crippen molar-refractivity contribution in [1.29, 1.82) is 5.26 Å². The van der Waals surface area contributed by atoms with Crippen LogP contribution in [0.2, 0.25) is 0 Å². The SMILES string of the molecule is Cc1ccc(Nc2nnc(SCC(=O)Nc3sc4c(c3C#N)CCCC4)s2)cc1. The van der Waals surface area contributed by atoms with Crippen LogP contribution in [0.25, 0.3) is 0 Å². The number of amides is 1. The van der Waals surface area contributed by atoms with Crippen molar-refractivity contribution in [3.63, 3.8) is 0 Å². The van der Waals surface area contributed by atoms with Gasteiger partial charge in [-0.05, 0) is 50.3 Å². The first-order chi connectivity index (χ1) is 14.1. The minimum absolute atomic E-state index is 0.131. The molecule has 2 aromatic heterocycles. The number of aryl methyl sites for hydroxylation is 2. The monoisotopic (exact) mass is 441 g/mol. The van der Waals surface area contributed by atoms with Gasteiger partial charge in [-0.3, -0.25) is 4.79 Å². The topological polar surface area (TPSA) is 90.7 Å². The number of thioether (sulfide) groups is 1. The van der Waals surface area contributed by atoms with Crippen molar-refractivity contribution in [2.24, 2.45) is 0 Å². The van der Waals surface area contributed by atoms with E-state index in [9.17, 15) is 10.1 Å². The lowest BCUT2D eigenvalue weighted by molar-refractivity contribution is -0.113. The molecule has 29 heavy (non-hydrogen) atoms. The molecule has 0 atom stereocenters. The number of nitrogens with one attached hydrogen (secondary N) is 2. The first-order valence-electron chi connectivity index (χ1n) is 9.27. The van der Waals surface area contributed by atoms with E-state index in [-0.39, 0.29) is 11.7 Å². The lowest BCUT2D eigenvalue weighted by Crippen LogP contribution is -2.13. The zero-order valence-electron chi connectivity index (χ0n) is 15.8. The average Bonchev–Trinajstić information content (AvgIpc) is 3.31. The molecule has 1 aliphatic carbocycles. The Labute approximate surface area is 181 Å². The molecule has 0 fully saturated rings. The van der Waals surface area contributed by atoms with E-state index < -0.39 is 0 Å². The van der Waals surface area contributed by atoms with Gasteiger partial charge in [-0.1, -0.05) is 40.8 Å². The largest absolute Gasteiger partial charge is 0.330 e. The van der Waals surface area contributed by atoms with Crippen LogP contribution in [-0.2, 0) is 17.6 Å². The van der Waals surface area contributed by atoms with Crippen LogP contribution < -0.4 is 10.6 Å². The van der Waals surface area contributed by atoms with Crippen molar-refractivity contribution < 1.29 is 4.79 Å². The molecule has 0 unspecified atom stereocenters. The van der Waals surface area contributed by atoms with E-state index in [1.807, 2.05) is 31.2 Å². The number of aromatic nitrogens is 2. The van der Waals surface area contributed by atoms with Crippen LogP contribution in [0.1, 0.15) is 34.4 Å². The number of nitriles is 1. The number of nitrogens with zero attached hydrogens (tertiary/aromatic N) is 3. The van der Waals surface area contributed by atoms with Gasteiger partial charge >= 0.3 is 0 Å². The van der Waals surface area contributed by atoms with E-state index in [4.69, 9.17) is 0 Å². The molecule has 9 heteroatoms. The van der Waals surface area contributed by atoms with Crippen molar-refractivity contribution >= 4 is 56.2 Å². The summed E-state index contributed by atoms with van der Waals surface area (Å²) in [5, 5.41) is 25.3. The average molecular weight is 442 g/mol. The second-order valence-corrected chi connectivity index (χ2v) is 10.0. The van der Waals surface area contributed by atoms with Crippen LogP contribution in [0.4, 0.5) is 15.8 Å². The minimum Gasteiger partial charge on any atom is -0.330 e. The summed E-state index contributed by atoms with van der Waals surface area (Å²) in [4.78, 5) is 13.6. The maximum atomic E-state index is 12.4. The minimum atomic E-state index is -0.131. The summed E-state index contributed by atoms with van der Waals surface area (Å²) in [6.45, 7) is 2.04. The molecule has 4 rings (SSSR count). The van der Waals surface area contributed by atoms with Gasteiger partial charge in [0.15, 0.2) is 4.34 Å². The van der Waals surface area contributed by atoms with Crippen LogP contribution >= 0.6 is 34.4 Å². The summed E-state index contributed by atoms with van der Waals surface area (Å²) in [6, 6.07) is 10.3. The summed E-state index contributed by atoms with van der Waals surface area (Å²) in [7, 11) is 0. The summed E-state index contributed by atoms with van der Waals surface area (Å²) < 4.78 is 0.723. The number of benzene rings is 1. The zero-order valence-corrected chi connectivity index (χ0v) is 18.3. The maximum absolute atomic E-state index is 12.4. The van der Waals surface area contributed by atoms with E-state index >= 15 is 0 Å². The highest BCUT2D eigenvalue weighted by Gasteiger charge is 2.22. The van der Waals surface area contributed by atoms with Gasteiger partial charge < -0.3 is 10.6 Å². The number of anilines is 3. The zero-order chi connectivity index (χ0) is 20.2. The van der Waals surface area contributed by atoms with Crippen molar-refractivity contribution in [3.8, 4) is 6.07 Å². The van der Waals surface area contributed by atoms with Crippen LogP contribution in [0.15, 0.2) is 28.6 Å². The van der Waals surface area contributed by atoms with Crippen LogP contribution in [0.3, 0.4) is 0 Å². The van der Waals surface area contributed by atoms with Crippen molar-refractivity contribution in [2.45, 2.75) is 36.9 Å². The molecule has 0 saturated heterocycles. The standard InChI is InChI=1S/C20H19N5OS3/c1-12-6-8-13(9-7-12)22-19-24-25-20(29-19)27-11-17(26)23-18-15(10-21)14-4-2-3-5-16(14)28-18/h6-9H,2-5,11H2,1H3,(H,22,24)(H,23,26). The Balaban J connectivity index is 1.33. The van der Waals surface area contributed by atoms with Crippen molar-refractivity contribution in [1.82, 2.24) is 10.2 Å². The number of rotatable bonds is 6. The fourth-order valence-electron chi connectivity index (χ4n) is 3.14. The van der Waals surface area contributed by atoms with Gasteiger partial charge in [0.05, 0.1) is 11.3 Å². The highest BCUT2D eigenvalue weighted by atomic mass is 32.2. The Morgan fingerprint density at radius 3 is 2.79 bits per heavy atom.